The molecule has 0 spiro atoms. The molecule has 0 fully saturated rings. The van der Waals surface area contributed by atoms with Gasteiger partial charge in [0.15, 0.2) is 0 Å². The average Bonchev–Trinajstić information content (AvgIpc) is 2.35. The summed E-state index contributed by atoms with van der Waals surface area (Å²) in [4.78, 5) is 8.28. The molecule has 7 nitrogen and oxygen atoms in total. The maximum absolute atomic E-state index is 11.0. The summed E-state index contributed by atoms with van der Waals surface area (Å²) in [5.41, 5.74) is 2.01. The zero-order valence-corrected chi connectivity index (χ0v) is 11.7. The molecule has 0 aliphatic carbocycles. The van der Waals surface area contributed by atoms with Gasteiger partial charge in [0.25, 0.3) is 10.2 Å². The molecule has 106 valence electrons. The molecular weight excluding hydrogens is 278 g/mol. The molecule has 0 aliphatic heterocycles. The van der Waals surface area contributed by atoms with E-state index < -0.39 is 10.2 Å². The smallest absolute Gasteiger partial charge is 0.296 e. The quantitative estimate of drug-likeness (QED) is 0.762. The summed E-state index contributed by atoms with van der Waals surface area (Å²) in [6.45, 7) is 2.34. The predicted molar refractivity (Wildman–Crippen MR) is 77.3 cm³/mol. The zero-order chi connectivity index (χ0) is 14.6. The van der Waals surface area contributed by atoms with Gasteiger partial charge in [-0.05, 0) is 31.2 Å². The van der Waals surface area contributed by atoms with Gasteiger partial charge in [-0.15, -0.1) is 0 Å². The summed E-state index contributed by atoms with van der Waals surface area (Å²) in [7, 11) is -3.77. The van der Waals surface area contributed by atoms with Crippen LogP contribution in [0.25, 0.3) is 0 Å². The highest BCUT2D eigenvalue weighted by molar-refractivity contribution is 7.90. The van der Waals surface area contributed by atoms with Crippen molar-refractivity contribution < 1.29 is 8.42 Å². The molecule has 2 aromatic rings. The Kier molecular flexibility index (Phi) is 4.16. The first-order valence-electron chi connectivity index (χ1n) is 5.85. The van der Waals surface area contributed by atoms with E-state index in [1.54, 1.807) is 24.4 Å². The largest absolute Gasteiger partial charge is 0.379 e. The maximum atomic E-state index is 11.0. The van der Waals surface area contributed by atoms with E-state index >= 15 is 0 Å². The van der Waals surface area contributed by atoms with Crippen molar-refractivity contribution in [3.63, 3.8) is 0 Å². The number of aryl methyl sites for hydroxylation is 1. The molecule has 0 aliphatic rings. The fourth-order valence-corrected chi connectivity index (χ4v) is 2.11. The molecule has 8 heteroatoms. The second-order valence-electron chi connectivity index (χ2n) is 4.18. The Morgan fingerprint density at radius 2 is 2.00 bits per heavy atom. The van der Waals surface area contributed by atoms with Crippen molar-refractivity contribution in [2.24, 2.45) is 5.14 Å². The summed E-state index contributed by atoms with van der Waals surface area (Å²) in [6.07, 6.45) is 1.69. The van der Waals surface area contributed by atoms with E-state index in [0.29, 0.717) is 18.1 Å². The average molecular weight is 293 g/mol. The first kappa shape index (κ1) is 14.2. The number of nitrogens with zero attached hydrogens (tertiary/aromatic N) is 2. The second-order valence-corrected chi connectivity index (χ2v) is 5.47. The Morgan fingerprint density at radius 3 is 2.70 bits per heavy atom. The van der Waals surface area contributed by atoms with Crippen LogP contribution < -0.4 is 15.2 Å². The van der Waals surface area contributed by atoms with Gasteiger partial charge >= 0.3 is 0 Å². The first-order valence-corrected chi connectivity index (χ1v) is 7.40. The lowest BCUT2D eigenvalue weighted by Crippen LogP contribution is -2.21. The molecule has 2 rings (SSSR count). The summed E-state index contributed by atoms with van der Waals surface area (Å²) < 4.78 is 24.1. The molecule has 4 N–H and O–H groups in total. The number of nitrogens with one attached hydrogen (secondary N) is 2. The third-order valence-corrected chi connectivity index (χ3v) is 2.95. The SMILES string of the molecule is Cc1nccc(CNc2cccc(NS(N)(=O)=O)c2)n1. The van der Waals surface area contributed by atoms with Crippen molar-refractivity contribution >= 4 is 21.6 Å². The van der Waals surface area contributed by atoms with Crippen LogP contribution in [0.3, 0.4) is 0 Å². The monoisotopic (exact) mass is 293 g/mol. The lowest BCUT2D eigenvalue weighted by Gasteiger charge is -2.09. The molecule has 0 atom stereocenters. The van der Waals surface area contributed by atoms with Gasteiger partial charge in [-0.1, -0.05) is 6.07 Å². The molecule has 1 heterocycles. The van der Waals surface area contributed by atoms with Crippen LogP contribution >= 0.6 is 0 Å². The van der Waals surface area contributed by atoms with Crippen LogP contribution in [0.15, 0.2) is 36.5 Å². The van der Waals surface area contributed by atoms with Crippen LogP contribution in [0.1, 0.15) is 11.5 Å². The van der Waals surface area contributed by atoms with Crippen molar-refractivity contribution in [1.29, 1.82) is 0 Å². The molecule has 1 aromatic carbocycles. The van der Waals surface area contributed by atoms with Crippen molar-refractivity contribution in [3.8, 4) is 0 Å². The van der Waals surface area contributed by atoms with E-state index in [1.165, 1.54) is 0 Å². The van der Waals surface area contributed by atoms with Gasteiger partial charge in [-0.2, -0.15) is 8.42 Å². The normalized spacial score (nSPS) is 11.1. The van der Waals surface area contributed by atoms with E-state index in [0.717, 1.165) is 11.4 Å². The minimum Gasteiger partial charge on any atom is -0.379 e. The molecular formula is C12H15N5O2S. The van der Waals surface area contributed by atoms with Crippen LogP contribution in [0.5, 0.6) is 0 Å². The van der Waals surface area contributed by atoms with E-state index in [-0.39, 0.29) is 0 Å². The third kappa shape index (κ3) is 4.48. The minimum atomic E-state index is -3.77. The number of aromatic nitrogens is 2. The van der Waals surface area contributed by atoms with Crippen molar-refractivity contribution in [2.45, 2.75) is 13.5 Å². The molecule has 0 amide bonds. The summed E-state index contributed by atoms with van der Waals surface area (Å²) >= 11 is 0. The molecule has 0 bridgehead atoms. The van der Waals surface area contributed by atoms with Gasteiger partial charge in [0, 0.05) is 11.9 Å². The maximum Gasteiger partial charge on any atom is 0.296 e. The fraction of sp³-hybridized carbons (Fsp3) is 0.167. The molecule has 1 aromatic heterocycles. The summed E-state index contributed by atoms with van der Waals surface area (Å²) in [5.74, 6) is 0.703. The molecule has 0 radical (unpaired) electrons. The van der Waals surface area contributed by atoms with Gasteiger partial charge < -0.3 is 5.32 Å². The molecule has 0 saturated heterocycles. The van der Waals surface area contributed by atoms with Crippen molar-refractivity contribution in [2.75, 3.05) is 10.0 Å². The van der Waals surface area contributed by atoms with Gasteiger partial charge in [0.1, 0.15) is 5.82 Å². The van der Waals surface area contributed by atoms with Crippen LogP contribution in [0.2, 0.25) is 0 Å². The van der Waals surface area contributed by atoms with Crippen LogP contribution in [0.4, 0.5) is 11.4 Å². The zero-order valence-electron chi connectivity index (χ0n) is 10.9. The Hall–Kier alpha value is -2.19. The Bertz CT molecular complexity index is 702. The molecule has 0 saturated carbocycles. The lowest BCUT2D eigenvalue weighted by molar-refractivity contribution is 0.603. The van der Waals surface area contributed by atoms with Gasteiger partial charge in [0.2, 0.25) is 0 Å². The standard InChI is InChI=1S/C12H15N5O2S/c1-9-14-6-5-12(16-9)8-15-10-3-2-4-11(7-10)17-20(13,18)19/h2-7,15,17H,8H2,1H3,(H2,13,18,19). The van der Waals surface area contributed by atoms with E-state index in [2.05, 4.69) is 20.0 Å². The second kappa shape index (κ2) is 5.85. The number of benzene rings is 1. The Labute approximate surface area is 117 Å². The van der Waals surface area contributed by atoms with E-state index in [1.807, 2.05) is 19.1 Å². The van der Waals surface area contributed by atoms with Crippen LogP contribution in [-0.4, -0.2) is 18.4 Å². The van der Waals surface area contributed by atoms with Crippen LogP contribution in [0, 0.1) is 6.92 Å². The Balaban J connectivity index is 2.05. The summed E-state index contributed by atoms with van der Waals surface area (Å²) in [5, 5.41) is 8.07. The van der Waals surface area contributed by atoms with Gasteiger partial charge in [-0.25, -0.2) is 15.1 Å². The van der Waals surface area contributed by atoms with Gasteiger partial charge in [0.05, 0.1) is 17.9 Å². The topological polar surface area (TPSA) is 110 Å². The fourth-order valence-electron chi connectivity index (χ4n) is 1.65. The number of hydrogen-bond acceptors (Lipinski definition) is 5. The first-order chi connectivity index (χ1) is 9.42. The molecule has 20 heavy (non-hydrogen) atoms. The van der Waals surface area contributed by atoms with E-state index in [9.17, 15) is 8.42 Å². The highest BCUT2D eigenvalue weighted by atomic mass is 32.2. The van der Waals surface area contributed by atoms with Crippen LogP contribution in [-0.2, 0) is 16.8 Å². The number of nitrogens with two attached hydrogens (primary N) is 1. The minimum absolute atomic E-state index is 0.399. The number of rotatable bonds is 5. The highest BCUT2D eigenvalue weighted by Crippen LogP contribution is 2.16. The highest BCUT2D eigenvalue weighted by Gasteiger charge is 2.03. The van der Waals surface area contributed by atoms with E-state index in [4.69, 9.17) is 5.14 Å². The van der Waals surface area contributed by atoms with Gasteiger partial charge in [-0.3, -0.25) is 4.72 Å². The number of hydrogen-bond donors (Lipinski definition) is 3. The predicted octanol–water partition coefficient (Wildman–Crippen LogP) is 1.01. The number of anilines is 2. The van der Waals surface area contributed by atoms with Crippen molar-refractivity contribution in [3.05, 3.63) is 48.0 Å². The Morgan fingerprint density at radius 1 is 1.25 bits per heavy atom. The summed E-state index contributed by atoms with van der Waals surface area (Å²) in [6, 6.07) is 8.62. The lowest BCUT2D eigenvalue weighted by atomic mass is 10.3. The molecule has 0 unspecified atom stereocenters. The third-order valence-electron chi connectivity index (χ3n) is 2.43. The van der Waals surface area contributed by atoms with Crippen molar-refractivity contribution in [1.82, 2.24) is 9.97 Å².